The standard InChI is InChI=1S/C4H9FNO2P/c1-2-3-4-6-9(5,7)8/h2-3H,4H2,1H3,(H2,6,7,8)/b3-2+. The minimum absolute atomic E-state index is 0.0841. The molecular formula is C4H9FNO2P. The van der Waals surface area contributed by atoms with E-state index in [0.717, 1.165) is 0 Å². The highest BCUT2D eigenvalue weighted by Crippen LogP contribution is 2.35. The fourth-order valence-electron chi connectivity index (χ4n) is 0.283. The van der Waals surface area contributed by atoms with E-state index < -0.39 is 7.83 Å². The van der Waals surface area contributed by atoms with Gasteiger partial charge < -0.3 is 4.89 Å². The normalized spacial score (nSPS) is 18.1. The molecule has 0 saturated heterocycles. The third-order valence-corrected chi connectivity index (χ3v) is 1.21. The highest BCUT2D eigenvalue weighted by atomic mass is 31.2. The van der Waals surface area contributed by atoms with Gasteiger partial charge in [0.2, 0.25) is 0 Å². The summed E-state index contributed by atoms with van der Waals surface area (Å²) >= 11 is 0. The SMILES string of the molecule is C/C=C/CNP(=O)(O)F. The molecule has 0 heterocycles. The molecule has 0 spiro atoms. The van der Waals surface area contributed by atoms with E-state index in [-0.39, 0.29) is 6.54 Å². The van der Waals surface area contributed by atoms with Gasteiger partial charge in [-0.2, -0.15) is 0 Å². The molecule has 2 N–H and O–H groups in total. The Kier molecular flexibility index (Phi) is 3.70. The molecule has 0 bridgehead atoms. The van der Waals surface area contributed by atoms with Crippen LogP contribution in [0.5, 0.6) is 0 Å². The van der Waals surface area contributed by atoms with Gasteiger partial charge in [-0.3, -0.25) is 0 Å². The summed E-state index contributed by atoms with van der Waals surface area (Å²) in [6.07, 6.45) is 3.20. The number of allylic oxidation sites excluding steroid dienone is 1. The third kappa shape index (κ3) is 7.82. The van der Waals surface area contributed by atoms with Crippen LogP contribution in [0.3, 0.4) is 0 Å². The van der Waals surface area contributed by atoms with Crippen molar-refractivity contribution in [2.75, 3.05) is 6.54 Å². The van der Waals surface area contributed by atoms with E-state index >= 15 is 0 Å². The van der Waals surface area contributed by atoms with Crippen molar-refractivity contribution in [3.05, 3.63) is 12.2 Å². The van der Waals surface area contributed by atoms with Crippen molar-refractivity contribution in [1.29, 1.82) is 0 Å². The zero-order valence-electron chi connectivity index (χ0n) is 5.04. The number of rotatable bonds is 3. The van der Waals surface area contributed by atoms with Gasteiger partial charge in [-0.25, -0.2) is 9.65 Å². The Labute approximate surface area is 53.2 Å². The molecule has 0 radical (unpaired) electrons. The Balaban J connectivity index is 3.40. The molecule has 0 saturated carbocycles. The first kappa shape index (κ1) is 8.82. The first-order chi connectivity index (χ1) is 4.06. The van der Waals surface area contributed by atoms with Crippen molar-refractivity contribution in [2.45, 2.75) is 6.92 Å². The first-order valence-electron chi connectivity index (χ1n) is 2.45. The molecule has 0 aliphatic rings. The summed E-state index contributed by atoms with van der Waals surface area (Å²) < 4.78 is 21.5. The Morgan fingerprint density at radius 2 is 2.44 bits per heavy atom. The highest BCUT2D eigenvalue weighted by molar-refractivity contribution is 7.50. The van der Waals surface area contributed by atoms with E-state index in [1.807, 2.05) is 0 Å². The topological polar surface area (TPSA) is 49.3 Å². The van der Waals surface area contributed by atoms with Gasteiger partial charge >= 0.3 is 7.83 Å². The van der Waals surface area contributed by atoms with Gasteiger partial charge in [0, 0.05) is 6.54 Å². The second-order valence-corrected chi connectivity index (χ2v) is 2.75. The number of halogens is 1. The predicted octanol–water partition coefficient (Wildman–Crippen LogP) is 1.22. The molecular weight excluding hydrogens is 144 g/mol. The van der Waals surface area contributed by atoms with E-state index in [0.29, 0.717) is 0 Å². The number of nitrogens with one attached hydrogen (secondary N) is 1. The number of hydrogen-bond donors (Lipinski definition) is 2. The fourth-order valence-corrected chi connectivity index (χ4v) is 0.614. The average molecular weight is 153 g/mol. The van der Waals surface area contributed by atoms with E-state index in [1.54, 1.807) is 24.2 Å². The Bertz CT molecular complexity index is 142. The Hall–Kier alpha value is -0.180. The summed E-state index contributed by atoms with van der Waals surface area (Å²) in [6.45, 7) is 1.82. The Morgan fingerprint density at radius 1 is 1.89 bits per heavy atom. The van der Waals surface area contributed by atoms with Gasteiger partial charge in [0.15, 0.2) is 0 Å². The predicted molar refractivity (Wildman–Crippen MR) is 33.7 cm³/mol. The van der Waals surface area contributed by atoms with Crippen molar-refractivity contribution >= 4 is 7.83 Å². The molecule has 5 heteroatoms. The lowest BCUT2D eigenvalue weighted by Crippen LogP contribution is -2.05. The van der Waals surface area contributed by atoms with E-state index in [2.05, 4.69) is 0 Å². The van der Waals surface area contributed by atoms with Crippen LogP contribution in [0.4, 0.5) is 4.20 Å². The van der Waals surface area contributed by atoms with Crippen molar-refractivity contribution in [3.8, 4) is 0 Å². The molecule has 1 atom stereocenters. The summed E-state index contributed by atoms with van der Waals surface area (Å²) in [6, 6.07) is 0. The lowest BCUT2D eigenvalue weighted by atomic mass is 10.5. The van der Waals surface area contributed by atoms with Crippen molar-refractivity contribution in [2.24, 2.45) is 0 Å². The highest BCUT2D eigenvalue weighted by Gasteiger charge is 2.11. The molecule has 0 aromatic carbocycles. The van der Waals surface area contributed by atoms with Crippen molar-refractivity contribution in [1.82, 2.24) is 5.09 Å². The lowest BCUT2D eigenvalue weighted by Gasteiger charge is -1.97. The molecule has 0 aromatic rings. The van der Waals surface area contributed by atoms with Crippen LogP contribution < -0.4 is 5.09 Å². The summed E-state index contributed by atoms with van der Waals surface area (Å²) in [5, 5.41) is 1.78. The summed E-state index contributed by atoms with van der Waals surface area (Å²) in [5.41, 5.74) is 0. The zero-order chi connectivity index (χ0) is 7.33. The largest absolute Gasteiger partial charge is 0.440 e. The van der Waals surface area contributed by atoms with E-state index in [1.165, 1.54) is 0 Å². The molecule has 0 aliphatic carbocycles. The zero-order valence-corrected chi connectivity index (χ0v) is 5.94. The van der Waals surface area contributed by atoms with Crippen LogP contribution in [0.25, 0.3) is 0 Å². The first-order valence-corrected chi connectivity index (χ1v) is 4.00. The molecule has 0 amide bonds. The van der Waals surface area contributed by atoms with Crippen molar-refractivity contribution < 1.29 is 13.7 Å². The second kappa shape index (κ2) is 3.77. The van der Waals surface area contributed by atoms with Gasteiger partial charge in [-0.05, 0) is 6.92 Å². The smallest absolute Gasteiger partial charge is 0.309 e. The van der Waals surface area contributed by atoms with Gasteiger partial charge in [-0.15, -0.1) is 4.20 Å². The number of hydrogen-bond acceptors (Lipinski definition) is 1. The van der Waals surface area contributed by atoms with Crippen LogP contribution in [0.15, 0.2) is 12.2 Å². The Morgan fingerprint density at radius 3 is 2.78 bits per heavy atom. The minimum Gasteiger partial charge on any atom is -0.309 e. The quantitative estimate of drug-likeness (QED) is 0.473. The van der Waals surface area contributed by atoms with Crippen molar-refractivity contribution in [3.63, 3.8) is 0 Å². The molecule has 0 aromatic heterocycles. The van der Waals surface area contributed by atoms with E-state index in [4.69, 9.17) is 4.89 Å². The summed E-state index contributed by atoms with van der Waals surface area (Å²) in [5.74, 6) is 0. The summed E-state index contributed by atoms with van der Waals surface area (Å²) in [4.78, 5) is 7.99. The van der Waals surface area contributed by atoms with Crippen LogP contribution in [0.2, 0.25) is 0 Å². The molecule has 9 heavy (non-hydrogen) atoms. The van der Waals surface area contributed by atoms with Gasteiger partial charge in [0.25, 0.3) is 0 Å². The van der Waals surface area contributed by atoms with Crippen LogP contribution in [-0.2, 0) is 4.57 Å². The maximum atomic E-state index is 11.7. The van der Waals surface area contributed by atoms with Crippen LogP contribution in [0.1, 0.15) is 6.92 Å². The average Bonchev–Trinajstić information content (AvgIpc) is 1.63. The molecule has 54 valence electrons. The lowest BCUT2D eigenvalue weighted by molar-refractivity contribution is 0.416. The third-order valence-electron chi connectivity index (χ3n) is 0.640. The monoisotopic (exact) mass is 153 g/mol. The van der Waals surface area contributed by atoms with Crippen LogP contribution in [-0.4, -0.2) is 11.4 Å². The van der Waals surface area contributed by atoms with Crippen LogP contribution in [0, 0.1) is 0 Å². The molecule has 0 fully saturated rings. The van der Waals surface area contributed by atoms with Gasteiger partial charge in [0.05, 0.1) is 0 Å². The van der Waals surface area contributed by atoms with Gasteiger partial charge in [0.1, 0.15) is 0 Å². The molecule has 0 rings (SSSR count). The maximum absolute atomic E-state index is 11.7. The molecule has 1 unspecified atom stereocenters. The maximum Gasteiger partial charge on any atom is 0.440 e. The minimum atomic E-state index is -4.50. The van der Waals surface area contributed by atoms with Crippen LogP contribution >= 0.6 is 7.83 Å². The van der Waals surface area contributed by atoms with Gasteiger partial charge in [-0.1, -0.05) is 12.2 Å². The molecule has 3 nitrogen and oxygen atoms in total. The fraction of sp³-hybridized carbons (Fsp3) is 0.500. The molecule has 0 aliphatic heterocycles. The second-order valence-electron chi connectivity index (χ2n) is 1.43. The summed E-state index contributed by atoms with van der Waals surface area (Å²) in [7, 11) is -4.50. The van der Waals surface area contributed by atoms with E-state index in [9.17, 15) is 8.76 Å².